The van der Waals surface area contributed by atoms with E-state index in [1.165, 1.54) is 11.8 Å². The molecule has 0 aliphatic heterocycles. The van der Waals surface area contributed by atoms with E-state index in [1.54, 1.807) is 0 Å². The van der Waals surface area contributed by atoms with Crippen molar-refractivity contribution in [1.29, 1.82) is 0 Å². The van der Waals surface area contributed by atoms with E-state index >= 15 is 0 Å². The maximum absolute atomic E-state index is 5.30. The molecule has 0 radical (unpaired) electrons. The van der Waals surface area contributed by atoms with Crippen molar-refractivity contribution in [3.05, 3.63) is 34.3 Å². The van der Waals surface area contributed by atoms with Gasteiger partial charge in [0.2, 0.25) is 0 Å². The van der Waals surface area contributed by atoms with Gasteiger partial charge in [0, 0.05) is 10.2 Å². The van der Waals surface area contributed by atoms with Gasteiger partial charge in [-0.05, 0) is 36.4 Å². The number of hydrogen-bond acceptors (Lipinski definition) is 3. The van der Waals surface area contributed by atoms with Crippen molar-refractivity contribution in [3.63, 3.8) is 0 Å². The van der Waals surface area contributed by atoms with Crippen LogP contribution in [0.4, 0.5) is 0 Å². The van der Waals surface area contributed by atoms with Gasteiger partial charge in [-0.15, -0.1) is 0 Å². The van der Waals surface area contributed by atoms with E-state index in [9.17, 15) is 0 Å². The second-order valence-corrected chi connectivity index (χ2v) is 5.35. The van der Waals surface area contributed by atoms with Crippen LogP contribution in [0.3, 0.4) is 0 Å². The summed E-state index contributed by atoms with van der Waals surface area (Å²) in [4.78, 5) is 5.16. The number of oxime groups is 1. The van der Waals surface area contributed by atoms with Gasteiger partial charge in [-0.1, -0.05) is 33.2 Å². The molecule has 100 valence electrons. The predicted octanol–water partition coefficient (Wildman–Crippen LogP) is -2.00. The van der Waals surface area contributed by atoms with Gasteiger partial charge in [0.1, 0.15) is 6.61 Å². The lowest BCUT2D eigenvalue weighted by Crippen LogP contribution is -3.00. The third-order valence-electron chi connectivity index (χ3n) is 1.91. The van der Waals surface area contributed by atoms with Crippen LogP contribution in [0.5, 0.6) is 0 Å². The topological polar surface area (TPSA) is 73.2 Å². The first-order valence-electron chi connectivity index (χ1n) is 5.03. The van der Waals surface area contributed by atoms with Crippen molar-refractivity contribution in [1.82, 2.24) is 0 Å². The summed E-state index contributed by atoms with van der Waals surface area (Å²) in [7, 11) is 0. The highest BCUT2D eigenvalue weighted by Crippen LogP contribution is 2.11. The van der Waals surface area contributed by atoms with E-state index in [1.807, 2.05) is 31.2 Å². The van der Waals surface area contributed by atoms with Gasteiger partial charge in [0.25, 0.3) is 5.17 Å². The van der Waals surface area contributed by atoms with Crippen LogP contribution in [0.2, 0.25) is 0 Å². The maximum atomic E-state index is 5.30. The van der Waals surface area contributed by atoms with Gasteiger partial charge in [-0.3, -0.25) is 11.1 Å². The highest BCUT2D eigenvalue weighted by molar-refractivity contribution is 9.10. The first-order chi connectivity index (χ1) is 8.09. The van der Waals surface area contributed by atoms with Gasteiger partial charge in [0.15, 0.2) is 0 Å². The highest BCUT2D eigenvalue weighted by Gasteiger charge is 1.99. The highest BCUT2D eigenvalue weighted by atomic mass is 79.9. The molecule has 0 amide bonds. The standard InChI is InChI=1S/C11H14BrN3OS.ClH/c1-8(9-2-4-10(12)5-3-9)15-16-6-7-17-11(13)14;/h2-5H,6-7H2,1H3,(H3,13,14);1H/b15-8+;. The molecule has 0 saturated carbocycles. The number of thioether (sulfide) groups is 1. The van der Waals surface area contributed by atoms with Crippen molar-refractivity contribution in [2.75, 3.05) is 12.4 Å². The largest absolute Gasteiger partial charge is 1.00 e. The molecular formula is C11H15BrClN3OS. The molecule has 0 aliphatic carbocycles. The number of nitrogens with zero attached hydrogens (tertiary/aromatic N) is 1. The summed E-state index contributed by atoms with van der Waals surface area (Å²) in [6, 6.07) is 7.89. The Morgan fingerprint density at radius 1 is 1.44 bits per heavy atom. The lowest BCUT2D eigenvalue weighted by molar-refractivity contribution is -0.110. The molecule has 0 aliphatic rings. The van der Waals surface area contributed by atoms with Crippen LogP contribution >= 0.6 is 27.7 Å². The van der Waals surface area contributed by atoms with Crippen LogP contribution in [0.25, 0.3) is 0 Å². The first-order valence-corrected chi connectivity index (χ1v) is 6.80. The zero-order chi connectivity index (χ0) is 12.7. The Morgan fingerprint density at radius 2 is 2.06 bits per heavy atom. The summed E-state index contributed by atoms with van der Waals surface area (Å²) in [6.07, 6.45) is 0. The van der Waals surface area contributed by atoms with Gasteiger partial charge in [-0.2, -0.15) is 0 Å². The van der Waals surface area contributed by atoms with Crippen molar-refractivity contribution < 1.29 is 22.7 Å². The first kappa shape index (κ1) is 17.3. The third kappa shape index (κ3) is 6.88. The molecule has 18 heavy (non-hydrogen) atoms. The van der Waals surface area contributed by atoms with E-state index in [4.69, 9.17) is 16.0 Å². The number of nitrogens with two attached hydrogens (primary N) is 2. The summed E-state index contributed by atoms with van der Waals surface area (Å²) in [5.41, 5.74) is 7.17. The molecule has 0 aromatic heterocycles. The molecule has 0 bridgehead atoms. The molecule has 0 unspecified atom stereocenters. The fourth-order valence-electron chi connectivity index (χ4n) is 1.08. The van der Waals surface area contributed by atoms with Crippen LogP contribution < -0.4 is 23.5 Å². The number of rotatable bonds is 5. The monoisotopic (exact) mass is 351 g/mol. The normalized spacial score (nSPS) is 10.7. The average molecular weight is 353 g/mol. The molecule has 1 aromatic rings. The molecule has 0 saturated heterocycles. The van der Waals surface area contributed by atoms with E-state index in [0.29, 0.717) is 17.5 Å². The molecule has 0 spiro atoms. The maximum Gasteiger partial charge on any atom is 0.299 e. The Hall–Kier alpha value is -0.720. The van der Waals surface area contributed by atoms with Crippen LogP contribution in [0.1, 0.15) is 12.5 Å². The lowest BCUT2D eigenvalue weighted by Gasteiger charge is -2.01. The van der Waals surface area contributed by atoms with Crippen LogP contribution in [-0.4, -0.2) is 23.2 Å². The van der Waals surface area contributed by atoms with E-state index in [-0.39, 0.29) is 12.4 Å². The fourth-order valence-corrected chi connectivity index (χ4v) is 1.74. The van der Waals surface area contributed by atoms with Gasteiger partial charge < -0.3 is 17.2 Å². The van der Waals surface area contributed by atoms with Crippen molar-refractivity contribution in [3.8, 4) is 0 Å². The van der Waals surface area contributed by atoms with Gasteiger partial charge >= 0.3 is 0 Å². The summed E-state index contributed by atoms with van der Waals surface area (Å²) < 4.78 is 1.04. The molecule has 0 heterocycles. The van der Waals surface area contributed by atoms with Gasteiger partial charge in [-0.25, -0.2) is 0 Å². The molecule has 1 aromatic carbocycles. The van der Waals surface area contributed by atoms with Crippen LogP contribution in [0.15, 0.2) is 33.9 Å². The Labute approximate surface area is 125 Å². The summed E-state index contributed by atoms with van der Waals surface area (Å²) in [5.74, 6) is 0.694. The third-order valence-corrected chi connectivity index (χ3v) is 3.14. The number of benzene rings is 1. The Balaban J connectivity index is 0.00000289. The lowest BCUT2D eigenvalue weighted by atomic mass is 10.1. The fraction of sp³-hybridized carbons (Fsp3) is 0.273. The number of halogens is 2. The quantitative estimate of drug-likeness (QED) is 0.279. The molecule has 1 rings (SSSR count). The summed E-state index contributed by atoms with van der Waals surface area (Å²) in [5, 5.41) is 9.67. The predicted molar refractivity (Wildman–Crippen MR) is 75.9 cm³/mol. The average Bonchev–Trinajstić information content (AvgIpc) is 2.29. The minimum absolute atomic E-state index is 0. The second kappa shape index (κ2) is 9.24. The molecule has 0 atom stereocenters. The summed E-state index contributed by atoms with van der Waals surface area (Å²) >= 11 is 4.73. The molecule has 7 heteroatoms. The van der Waals surface area contributed by atoms with Gasteiger partial charge in [0.05, 0.1) is 5.71 Å². The Bertz CT molecular complexity index is 411. The smallest absolute Gasteiger partial charge is 0.299 e. The number of hydrogen-bond donors (Lipinski definition) is 2. The summed E-state index contributed by atoms with van der Waals surface area (Å²) in [6.45, 7) is 2.39. The van der Waals surface area contributed by atoms with E-state index in [0.717, 1.165) is 15.7 Å². The van der Waals surface area contributed by atoms with Crippen molar-refractivity contribution >= 4 is 38.6 Å². The van der Waals surface area contributed by atoms with E-state index < -0.39 is 0 Å². The Kier molecular flexibility index (Phi) is 8.87. The van der Waals surface area contributed by atoms with E-state index in [2.05, 4.69) is 21.1 Å². The van der Waals surface area contributed by atoms with Crippen LogP contribution in [0, 0.1) is 0 Å². The van der Waals surface area contributed by atoms with Crippen molar-refractivity contribution in [2.24, 2.45) is 10.9 Å². The zero-order valence-electron chi connectivity index (χ0n) is 9.90. The van der Waals surface area contributed by atoms with Crippen molar-refractivity contribution in [2.45, 2.75) is 6.92 Å². The van der Waals surface area contributed by atoms with Crippen LogP contribution in [-0.2, 0) is 4.84 Å². The minimum atomic E-state index is 0. The SMILES string of the molecule is C/C(=N\OCCSC(N)=[NH2+])c1ccc(Br)cc1.[Cl-]. The Morgan fingerprint density at radius 3 is 2.61 bits per heavy atom. The number of amidine groups is 1. The second-order valence-electron chi connectivity index (χ2n) is 3.27. The molecule has 0 fully saturated rings. The molecule has 4 nitrogen and oxygen atoms in total. The molecule has 4 N–H and O–H groups in total. The zero-order valence-corrected chi connectivity index (χ0v) is 13.1. The minimum Gasteiger partial charge on any atom is -1.00 e. The molecular weight excluding hydrogens is 338 g/mol.